The Morgan fingerprint density at radius 2 is 0.915 bits per heavy atom. The van der Waals surface area contributed by atoms with E-state index in [1.165, 1.54) is 0 Å². The normalized spacial score (nSPS) is 21.4. The predicted octanol–water partition coefficient (Wildman–Crippen LogP) is 7.95. The molecule has 0 aromatic heterocycles. The first-order valence-corrected chi connectivity index (χ1v) is 17.8. The second kappa shape index (κ2) is 18.4. The van der Waals surface area contributed by atoms with Crippen LogP contribution in [0, 0.1) is 0 Å². The molecule has 4 aromatic rings. The highest BCUT2D eigenvalue weighted by Gasteiger charge is 2.56. The number of benzene rings is 4. The van der Waals surface area contributed by atoms with Crippen molar-refractivity contribution in [3.8, 4) is 0 Å². The number of hydrogen-bond acceptors (Lipinski definition) is 8. The topological polar surface area (TPSA) is 81.7 Å². The van der Waals surface area contributed by atoms with Crippen LogP contribution in [0.15, 0.2) is 121 Å². The Kier molecular flexibility index (Phi) is 13.8. The van der Waals surface area contributed by atoms with Gasteiger partial charge in [0.2, 0.25) is 0 Å². The molecule has 0 unspecified atom stereocenters. The largest absolute Gasteiger partial charge is 0.374 e. The van der Waals surface area contributed by atoms with E-state index in [9.17, 15) is 4.57 Å². The molecule has 0 aliphatic carbocycles. The lowest BCUT2D eigenvalue weighted by atomic mass is 9.98. The van der Waals surface area contributed by atoms with Gasteiger partial charge in [0.25, 0.3) is 0 Å². The maximum atomic E-state index is 14.6. The average Bonchev–Trinajstić information content (AvgIpc) is 3.11. The predicted molar refractivity (Wildman–Crippen MR) is 181 cm³/mol. The van der Waals surface area contributed by atoms with Gasteiger partial charge in [-0.2, -0.15) is 0 Å². The number of ether oxygens (including phenoxy) is 5. The molecule has 4 aromatic carbocycles. The molecule has 0 spiro atoms. The van der Waals surface area contributed by atoms with Gasteiger partial charge in [0.15, 0.2) is 5.85 Å². The van der Waals surface area contributed by atoms with Crippen molar-refractivity contribution in [2.24, 2.45) is 0 Å². The molecule has 1 aliphatic heterocycles. The summed E-state index contributed by atoms with van der Waals surface area (Å²) in [6.07, 6.45) is -2.92. The molecule has 5 rings (SSSR count). The molecule has 1 heterocycles. The van der Waals surface area contributed by atoms with Crippen LogP contribution in [0.3, 0.4) is 0 Å². The van der Waals surface area contributed by atoms with E-state index in [1.54, 1.807) is 13.8 Å². The highest BCUT2D eigenvalue weighted by molar-refractivity contribution is 7.54. The zero-order valence-electron chi connectivity index (χ0n) is 27.1. The molecule has 0 amide bonds. The zero-order chi connectivity index (χ0) is 32.7. The quantitative estimate of drug-likeness (QED) is 0.0996. The van der Waals surface area contributed by atoms with Gasteiger partial charge in [-0.1, -0.05) is 121 Å². The van der Waals surface area contributed by atoms with Crippen LogP contribution in [-0.2, 0) is 63.7 Å². The maximum absolute atomic E-state index is 14.6. The second-order valence-electron chi connectivity index (χ2n) is 11.2. The van der Waals surface area contributed by atoms with Gasteiger partial charge < -0.3 is 32.7 Å². The first kappa shape index (κ1) is 35.1. The van der Waals surface area contributed by atoms with Gasteiger partial charge in [-0.15, -0.1) is 0 Å². The molecule has 1 fully saturated rings. The summed E-state index contributed by atoms with van der Waals surface area (Å²) >= 11 is 0. The molecular weight excluding hydrogens is 615 g/mol. The van der Waals surface area contributed by atoms with E-state index in [0.29, 0.717) is 13.2 Å². The van der Waals surface area contributed by atoms with Gasteiger partial charge in [0.1, 0.15) is 24.4 Å². The molecule has 5 atom stereocenters. The maximum Gasteiger partial charge on any atom is 0.361 e. The number of hydrogen-bond donors (Lipinski definition) is 0. The van der Waals surface area contributed by atoms with Crippen LogP contribution in [-0.4, -0.2) is 50.1 Å². The molecule has 1 saturated heterocycles. The SMILES string of the molecule is CCOP(=O)(OCC)[C@H]1O[C@H](COCc2ccccc2)[C@@H](OCc2ccccc2)[C@H](OCc2ccccc2)[C@@H]1OCc1ccccc1. The molecule has 0 N–H and O–H groups in total. The highest BCUT2D eigenvalue weighted by atomic mass is 31.2. The van der Waals surface area contributed by atoms with Gasteiger partial charge in [-0.25, -0.2) is 0 Å². The third-order valence-corrected chi connectivity index (χ3v) is 10.1. The fourth-order valence-corrected chi connectivity index (χ4v) is 7.57. The van der Waals surface area contributed by atoms with Crippen molar-refractivity contribution in [3.63, 3.8) is 0 Å². The standard InChI is InChI=1S/C38H45O8P/c1-3-44-47(39,45-4-2)38-37(43-28-33-23-15-8-16-24-33)36(42-27-32-21-13-7-14-22-32)35(41-26-31-19-11-6-12-20-31)34(46-38)29-40-25-30-17-9-5-10-18-30/h5-24,34-38H,3-4,25-29H2,1-2H3/t34-,35-,36+,37+,38-/m1/s1. The van der Waals surface area contributed by atoms with Crippen molar-refractivity contribution >= 4 is 7.60 Å². The smallest absolute Gasteiger partial charge is 0.361 e. The summed E-state index contributed by atoms with van der Waals surface area (Å²) < 4.78 is 59.3. The Balaban J connectivity index is 1.51. The van der Waals surface area contributed by atoms with Gasteiger partial charge in [0.05, 0.1) is 46.2 Å². The van der Waals surface area contributed by atoms with Gasteiger partial charge >= 0.3 is 7.60 Å². The lowest BCUT2D eigenvalue weighted by Crippen LogP contribution is -2.61. The molecule has 47 heavy (non-hydrogen) atoms. The van der Waals surface area contributed by atoms with E-state index in [4.69, 9.17) is 32.7 Å². The van der Waals surface area contributed by atoms with Crippen molar-refractivity contribution in [2.75, 3.05) is 19.8 Å². The first-order chi connectivity index (χ1) is 23.1. The summed E-state index contributed by atoms with van der Waals surface area (Å²) in [5.41, 5.74) is 3.95. The Morgan fingerprint density at radius 1 is 0.532 bits per heavy atom. The second-order valence-corrected chi connectivity index (χ2v) is 13.3. The van der Waals surface area contributed by atoms with E-state index >= 15 is 0 Å². The molecule has 0 bridgehead atoms. The summed E-state index contributed by atoms with van der Waals surface area (Å²) in [6, 6.07) is 39.6. The van der Waals surface area contributed by atoms with E-state index in [2.05, 4.69) is 0 Å². The van der Waals surface area contributed by atoms with Crippen LogP contribution < -0.4 is 0 Å². The van der Waals surface area contributed by atoms with Gasteiger partial charge in [-0.05, 0) is 36.1 Å². The van der Waals surface area contributed by atoms with Crippen LogP contribution in [0.5, 0.6) is 0 Å². The third-order valence-electron chi connectivity index (χ3n) is 7.79. The Hall–Kier alpha value is -3.17. The van der Waals surface area contributed by atoms with Crippen LogP contribution >= 0.6 is 7.60 Å². The van der Waals surface area contributed by atoms with Crippen LogP contribution in [0.4, 0.5) is 0 Å². The van der Waals surface area contributed by atoms with Crippen molar-refractivity contribution in [1.29, 1.82) is 0 Å². The highest BCUT2D eigenvalue weighted by Crippen LogP contribution is 2.58. The van der Waals surface area contributed by atoms with E-state index in [1.807, 2.05) is 121 Å². The summed E-state index contributed by atoms with van der Waals surface area (Å²) in [5.74, 6) is -1.10. The molecular formula is C38H45O8P. The minimum atomic E-state index is -3.87. The Morgan fingerprint density at radius 3 is 1.34 bits per heavy atom. The Bertz CT molecular complexity index is 1470. The first-order valence-electron chi connectivity index (χ1n) is 16.2. The zero-order valence-corrected chi connectivity index (χ0v) is 28.0. The fraction of sp³-hybridized carbons (Fsp3) is 0.368. The minimum absolute atomic E-state index is 0.152. The molecule has 9 heteroatoms. The van der Waals surface area contributed by atoms with Crippen molar-refractivity contribution in [1.82, 2.24) is 0 Å². The minimum Gasteiger partial charge on any atom is -0.374 e. The van der Waals surface area contributed by atoms with Crippen LogP contribution in [0.2, 0.25) is 0 Å². The van der Waals surface area contributed by atoms with Crippen LogP contribution in [0.25, 0.3) is 0 Å². The lowest BCUT2D eigenvalue weighted by Gasteiger charge is -2.47. The molecule has 250 valence electrons. The van der Waals surface area contributed by atoms with Gasteiger partial charge in [-0.3, -0.25) is 4.57 Å². The van der Waals surface area contributed by atoms with Crippen molar-refractivity contribution in [3.05, 3.63) is 144 Å². The number of rotatable bonds is 18. The van der Waals surface area contributed by atoms with Crippen molar-refractivity contribution in [2.45, 2.75) is 70.5 Å². The fourth-order valence-electron chi connectivity index (χ4n) is 5.56. The molecule has 1 aliphatic rings. The lowest BCUT2D eigenvalue weighted by molar-refractivity contribution is -0.259. The Labute approximate surface area is 278 Å². The van der Waals surface area contributed by atoms with E-state index < -0.39 is 37.9 Å². The molecule has 0 saturated carbocycles. The van der Waals surface area contributed by atoms with Gasteiger partial charge in [0, 0.05) is 0 Å². The van der Waals surface area contributed by atoms with E-state index in [0.717, 1.165) is 22.3 Å². The third kappa shape index (κ3) is 10.2. The average molecular weight is 661 g/mol. The van der Waals surface area contributed by atoms with E-state index in [-0.39, 0.29) is 33.0 Å². The monoisotopic (exact) mass is 660 g/mol. The van der Waals surface area contributed by atoms with Crippen LogP contribution in [0.1, 0.15) is 36.1 Å². The molecule has 8 nitrogen and oxygen atoms in total. The summed E-state index contributed by atoms with van der Waals surface area (Å²) in [7, 11) is -3.87. The summed E-state index contributed by atoms with van der Waals surface area (Å²) in [6.45, 7) is 5.24. The van der Waals surface area contributed by atoms with Crippen molar-refractivity contribution < 1.29 is 37.3 Å². The summed E-state index contributed by atoms with van der Waals surface area (Å²) in [4.78, 5) is 0. The summed E-state index contributed by atoms with van der Waals surface area (Å²) in [5, 5.41) is 0. The molecule has 0 radical (unpaired) electrons.